The van der Waals surface area contributed by atoms with Gasteiger partial charge in [0.05, 0.1) is 18.6 Å². The van der Waals surface area contributed by atoms with Gasteiger partial charge in [0.25, 0.3) is 0 Å². The maximum Gasteiger partial charge on any atom is 0.354 e. The summed E-state index contributed by atoms with van der Waals surface area (Å²) in [7, 11) is 0. The van der Waals surface area contributed by atoms with Crippen LogP contribution in [0.1, 0.15) is 21.7 Å². The van der Waals surface area contributed by atoms with E-state index < -0.39 is 5.97 Å². The Bertz CT molecular complexity index is 548. The van der Waals surface area contributed by atoms with Gasteiger partial charge in [0.15, 0.2) is 0 Å². The Morgan fingerprint density at radius 2 is 2.24 bits per heavy atom. The van der Waals surface area contributed by atoms with Crippen LogP contribution in [0.4, 0.5) is 0 Å². The van der Waals surface area contributed by atoms with Crippen LogP contribution in [0.2, 0.25) is 0 Å². The first-order valence-corrected chi connectivity index (χ1v) is 6.01. The molecular weight excluding hydrogens is 333 g/mol. The number of nitrogens with zero attached hydrogens (tertiary/aromatic N) is 3. The average molecular weight is 343 g/mol. The lowest BCUT2D eigenvalue weighted by Crippen LogP contribution is -2.10. The highest BCUT2D eigenvalue weighted by Gasteiger charge is 2.14. The number of halogens is 1. The number of carboxylic acids is 1. The minimum atomic E-state index is -0.960. The monoisotopic (exact) mass is 343 g/mol. The molecule has 0 aliphatic heterocycles. The van der Waals surface area contributed by atoms with Gasteiger partial charge in [0.1, 0.15) is 9.39 Å². The molecule has 1 N–H and O–H groups in total. The van der Waals surface area contributed by atoms with E-state index in [0.29, 0.717) is 12.2 Å². The third-order valence-corrected chi connectivity index (χ3v) is 3.00. The molecule has 88 valence electrons. The van der Waals surface area contributed by atoms with Crippen LogP contribution >= 0.6 is 22.6 Å². The van der Waals surface area contributed by atoms with E-state index in [9.17, 15) is 4.79 Å². The second-order valence-electron chi connectivity index (χ2n) is 3.60. The predicted octanol–water partition coefficient (Wildman–Crippen LogP) is 1.94. The van der Waals surface area contributed by atoms with Crippen molar-refractivity contribution in [2.24, 2.45) is 0 Å². The standard InChI is InChI=1S/C11H10IN3O2/c1-7-10(11(16)17)15(6-14-7)5-8-2-3-9(12)13-4-8/h2-4,6H,5H2,1H3,(H,16,17). The number of pyridine rings is 1. The van der Waals surface area contributed by atoms with E-state index in [-0.39, 0.29) is 5.69 Å². The molecule has 0 aromatic carbocycles. The van der Waals surface area contributed by atoms with E-state index in [1.165, 1.54) is 6.33 Å². The minimum absolute atomic E-state index is 0.226. The Labute approximate surface area is 112 Å². The molecule has 0 spiro atoms. The molecule has 0 radical (unpaired) electrons. The highest BCUT2D eigenvalue weighted by Crippen LogP contribution is 2.10. The fourth-order valence-corrected chi connectivity index (χ4v) is 1.90. The lowest BCUT2D eigenvalue weighted by atomic mass is 10.2. The Hall–Kier alpha value is -1.44. The first-order chi connectivity index (χ1) is 8.08. The molecule has 0 aliphatic carbocycles. The number of aromatic carboxylic acids is 1. The zero-order valence-corrected chi connectivity index (χ0v) is 11.2. The zero-order chi connectivity index (χ0) is 12.4. The SMILES string of the molecule is Cc1ncn(Cc2ccc(I)nc2)c1C(=O)O. The van der Waals surface area contributed by atoms with Crippen molar-refractivity contribution in [3.05, 3.63) is 45.3 Å². The van der Waals surface area contributed by atoms with Crippen LogP contribution in [-0.2, 0) is 6.54 Å². The normalized spacial score (nSPS) is 10.5. The third-order valence-electron chi connectivity index (χ3n) is 2.36. The van der Waals surface area contributed by atoms with E-state index in [2.05, 4.69) is 32.6 Å². The maximum atomic E-state index is 11.1. The first kappa shape index (κ1) is 12.0. The van der Waals surface area contributed by atoms with Crippen molar-refractivity contribution in [1.29, 1.82) is 0 Å². The molecular formula is C11H10IN3O2. The molecule has 0 saturated carbocycles. The molecule has 0 unspecified atom stereocenters. The number of hydrogen-bond acceptors (Lipinski definition) is 3. The van der Waals surface area contributed by atoms with Crippen LogP contribution in [0.5, 0.6) is 0 Å². The zero-order valence-electron chi connectivity index (χ0n) is 9.09. The van der Waals surface area contributed by atoms with Crippen molar-refractivity contribution >= 4 is 28.6 Å². The number of hydrogen-bond donors (Lipinski definition) is 1. The Balaban J connectivity index is 2.30. The molecule has 0 aliphatic rings. The number of aryl methyl sites for hydroxylation is 1. The molecule has 0 saturated heterocycles. The lowest BCUT2D eigenvalue weighted by molar-refractivity contribution is 0.0685. The van der Waals surface area contributed by atoms with Gasteiger partial charge in [-0.2, -0.15) is 0 Å². The summed E-state index contributed by atoms with van der Waals surface area (Å²) >= 11 is 2.12. The number of carboxylic acid groups (broad SMARTS) is 1. The van der Waals surface area contributed by atoms with Crippen LogP contribution in [0.25, 0.3) is 0 Å². The summed E-state index contributed by atoms with van der Waals surface area (Å²) in [6.07, 6.45) is 3.28. The number of imidazole rings is 1. The maximum absolute atomic E-state index is 11.1. The molecule has 2 aromatic rings. The largest absolute Gasteiger partial charge is 0.477 e. The van der Waals surface area contributed by atoms with Crippen molar-refractivity contribution in [3.8, 4) is 0 Å². The molecule has 5 nitrogen and oxygen atoms in total. The molecule has 6 heteroatoms. The van der Waals surface area contributed by atoms with Gasteiger partial charge in [-0.15, -0.1) is 0 Å². The fraction of sp³-hybridized carbons (Fsp3) is 0.182. The number of carbonyl (C=O) groups is 1. The van der Waals surface area contributed by atoms with E-state index >= 15 is 0 Å². The molecule has 2 aromatic heterocycles. The quantitative estimate of drug-likeness (QED) is 0.683. The summed E-state index contributed by atoms with van der Waals surface area (Å²) in [5, 5.41) is 9.08. The van der Waals surface area contributed by atoms with Crippen LogP contribution in [0.3, 0.4) is 0 Å². The fourth-order valence-electron chi connectivity index (χ4n) is 1.58. The average Bonchev–Trinajstić information content (AvgIpc) is 2.63. The van der Waals surface area contributed by atoms with Gasteiger partial charge in [-0.3, -0.25) is 0 Å². The van der Waals surface area contributed by atoms with Crippen molar-refractivity contribution < 1.29 is 9.90 Å². The lowest BCUT2D eigenvalue weighted by Gasteiger charge is -2.05. The van der Waals surface area contributed by atoms with Gasteiger partial charge < -0.3 is 9.67 Å². The van der Waals surface area contributed by atoms with Crippen LogP contribution in [0, 0.1) is 10.6 Å². The summed E-state index contributed by atoms with van der Waals surface area (Å²) in [4.78, 5) is 19.2. The second kappa shape index (κ2) is 4.82. The van der Waals surface area contributed by atoms with Gasteiger partial charge >= 0.3 is 5.97 Å². The highest BCUT2D eigenvalue weighted by molar-refractivity contribution is 14.1. The van der Waals surface area contributed by atoms with Crippen molar-refractivity contribution in [2.75, 3.05) is 0 Å². The molecule has 0 amide bonds. The Morgan fingerprint density at radius 3 is 2.82 bits per heavy atom. The van der Waals surface area contributed by atoms with Gasteiger partial charge in [-0.1, -0.05) is 6.07 Å². The summed E-state index contributed by atoms with van der Waals surface area (Å²) in [5.74, 6) is -0.960. The Kier molecular flexibility index (Phi) is 3.41. The molecule has 2 heterocycles. The highest BCUT2D eigenvalue weighted by atomic mass is 127. The third kappa shape index (κ3) is 2.63. The first-order valence-electron chi connectivity index (χ1n) is 4.93. The molecule has 0 atom stereocenters. The van der Waals surface area contributed by atoms with Crippen molar-refractivity contribution in [1.82, 2.24) is 14.5 Å². The van der Waals surface area contributed by atoms with E-state index in [0.717, 1.165) is 9.26 Å². The summed E-state index contributed by atoms with van der Waals surface area (Å²) in [5.41, 5.74) is 1.70. The van der Waals surface area contributed by atoms with Crippen LogP contribution in [-0.4, -0.2) is 25.6 Å². The predicted molar refractivity (Wildman–Crippen MR) is 70.0 cm³/mol. The van der Waals surface area contributed by atoms with Crippen LogP contribution in [0.15, 0.2) is 24.7 Å². The summed E-state index contributed by atoms with van der Waals surface area (Å²) < 4.78 is 2.52. The van der Waals surface area contributed by atoms with E-state index in [4.69, 9.17) is 5.11 Å². The topological polar surface area (TPSA) is 68.0 Å². The molecule has 2 rings (SSSR count). The van der Waals surface area contributed by atoms with Gasteiger partial charge in [-0.25, -0.2) is 14.8 Å². The minimum Gasteiger partial charge on any atom is -0.477 e. The number of aromatic nitrogens is 3. The second-order valence-corrected chi connectivity index (χ2v) is 4.71. The smallest absolute Gasteiger partial charge is 0.354 e. The summed E-state index contributed by atoms with van der Waals surface area (Å²) in [6, 6.07) is 3.82. The van der Waals surface area contributed by atoms with Gasteiger partial charge in [-0.05, 0) is 41.1 Å². The number of rotatable bonds is 3. The molecule has 0 fully saturated rings. The van der Waals surface area contributed by atoms with E-state index in [1.54, 1.807) is 17.7 Å². The van der Waals surface area contributed by atoms with Gasteiger partial charge in [0.2, 0.25) is 0 Å². The van der Waals surface area contributed by atoms with Crippen molar-refractivity contribution in [2.45, 2.75) is 13.5 Å². The van der Waals surface area contributed by atoms with Crippen molar-refractivity contribution in [3.63, 3.8) is 0 Å². The Morgan fingerprint density at radius 1 is 1.47 bits per heavy atom. The van der Waals surface area contributed by atoms with Crippen LogP contribution < -0.4 is 0 Å². The van der Waals surface area contributed by atoms with E-state index in [1.807, 2.05) is 12.1 Å². The molecule has 0 bridgehead atoms. The summed E-state index contributed by atoms with van der Waals surface area (Å²) in [6.45, 7) is 2.15. The van der Waals surface area contributed by atoms with Gasteiger partial charge in [0, 0.05) is 6.20 Å². The molecule has 17 heavy (non-hydrogen) atoms.